The molecule has 0 saturated heterocycles. The monoisotopic (exact) mass is 426 g/mol. The Morgan fingerprint density at radius 3 is 2.45 bits per heavy atom. The van der Waals surface area contributed by atoms with Gasteiger partial charge in [-0.3, -0.25) is 14.4 Å². The number of esters is 1. The lowest BCUT2D eigenvalue weighted by Gasteiger charge is -2.26. The molecule has 0 aromatic heterocycles. The second-order valence-corrected chi connectivity index (χ2v) is 7.16. The zero-order chi connectivity index (χ0) is 22.2. The minimum atomic E-state index is -0.706. The summed E-state index contributed by atoms with van der Waals surface area (Å²) in [6, 6.07) is 12.6. The van der Waals surface area contributed by atoms with Crippen LogP contribution in [0, 0.1) is 0 Å². The van der Waals surface area contributed by atoms with Crippen LogP contribution in [0.25, 0.3) is 0 Å². The molecule has 8 nitrogen and oxygen atoms in total. The number of rotatable bonds is 8. The van der Waals surface area contributed by atoms with Crippen molar-refractivity contribution in [2.24, 2.45) is 0 Å². The molecule has 2 aromatic carbocycles. The van der Waals surface area contributed by atoms with E-state index in [1.54, 1.807) is 6.07 Å². The van der Waals surface area contributed by atoms with Gasteiger partial charge < -0.3 is 24.8 Å². The highest BCUT2D eigenvalue weighted by Crippen LogP contribution is 2.29. The normalized spacial score (nSPS) is 14.7. The summed E-state index contributed by atoms with van der Waals surface area (Å²) < 4.78 is 15.2. The number of fused-ring (bicyclic) bond motifs is 1. The molecule has 0 bridgehead atoms. The lowest BCUT2D eigenvalue weighted by Crippen LogP contribution is -2.36. The molecule has 31 heavy (non-hydrogen) atoms. The minimum Gasteiger partial charge on any atom is -0.497 e. The largest absolute Gasteiger partial charge is 0.497 e. The summed E-state index contributed by atoms with van der Waals surface area (Å²) in [5.74, 6) is -0.667. The fraction of sp³-hybridized carbons (Fsp3) is 0.348. The molecule has 8 heteroatoms. The van der Waals surface area contributed by atoms with Crippen molar-refractivity contribution < 1.29 is 28.6 Å². The van der Waals surface area contributed by atoms with Gasteiger partial charge in [-0.1, -0.05) is 24.3 Å². The Morgan fingerprint density at radius 2 is 1.74 bits per heavy atom. The molecule has 2 aromatic rings. The third-order valence-corrected chi connectivity index (χ3v) is 5.08. The van der Waals surface area contributed by atoms with Gasteiger partial charge in [-0.05, 0) is 42.5 Å². The molecule has 0 saturated carbocycles. The first-order valence-electron chi connectivity index (χ1n) is 10.0. The number of hydrogen-bond acceptors (Lipinski definition) is 6. The topological polar surface area (TPSA) is 103 Å². The number of methoxy groups -OCH3 is 2. The molecule has 0 unspecified atom stereocenters. The van der Waals surface area contributed by atoms with Crippen molar-refractivity contribution in [3.63, 3.8) is 0 Å². The molecular weight excluding hydrogens is 400 g/mol. The molecular formula is C23H26N2O6. The van der Waals surface area contributed by atoms with Gasteiger partial charge in [-0.15, -0.1) is 0 Å². The van der Waals surface area contributed by atoms with Crippen molar-refractivity contribution in [3.05, 3.63) is 59.2 Å². The summed E-state index contributed by atoms with van der Waals surface area (Å²) in [7, 11) is 2.95. The van der Waals surface area contributed by atoms with Crippen LogP contribution in [0.3, 0.4) is 0 Å². The molecule has 3 rings (SSSR count). The smallest absolute Gasteiger partial charge is 0.325 e. The number of carbonyl (C=O) groups is 3. The molecule has 0 spiro atoms. The van der Waals surface area contributed by atoms with E-state index in [-0.39, 0.29) is 24.1 Å². The third-order valence-electron chi connectivity index (χ3n) is 5.08. The van der Waals surface area contributed by atoms with E-state index in [1.807, 2.05) is 18.2 Å². The summed E-state index contributed by atoms with van der Waals surface area (Å²) in [6.45, 7) is -0.766. The van der Waals surface area contributed by atoms with Gasteiger partial charge in [0.15, 0.2) is 6.61 Å². The summed E-state index contributed by atoms with van der Waals surface area (Å²) in [6.07, 6.45) is 2.83. The number of aryl methyl sites for hydroxylation is 1. The number of nitrogens with one attached hydrogen (secondary N) is 2. The average Bonchev–Trinajstić information content (AvgIpc) is 2.81. The van der Waals surface area contributed by atoms with E-state index in [0.717, 1.165) is 24.8 Å². The number of amides is 2. The van der Waals surface area contributed by atoms with Gasteiger partial charge in [0.1, 0.15) is 18.0 Å². The molecule has 2 N–H and O–H groups in total. The molecule has 0 heterocycles. The molecule has 2 amide bonds. The minimum absolute atomic E-state index is 0.0844. The quantitative estimate of drug-likeness (QED) is 0.627. The van der Waals surface area contributed by atoms with E-state index in [9.17, 15) is 14.4 Å². The van der Waals surface area contributed by atoms with E-state index >= 15 is 0 Å². The van der Waals surface area contributed by atoms with Gasteiger partial charge in [0.05, 0.1) is 20.3 Å². The maximum Gasteiger partial charge on any atom is 0.325 e. The maximum absolute atomic E-state index is 12.3. The van der Waals surface area contributed by atoms with Gasteiger partial charge in [-0.2, -0.15) is 0 Å². The predicted molar refractivity (Wildman–Crippen MR) is 113 cm³/mol. The van der Waals surface area contributed by atoms with Gasteiger partial charge in [0, 0.05) is 11.6 Å². The van der Waals surface area contributed by atoms with Gasteiger partial charge in [-0.25, -0.2) is 0 Å². The molecule has 1 atom stereocenters. The summed E-state index contributed by atoms with van der Waals surface area (Å²) >= 11 is 0. The lowest BCUT2D eigenvalue weighted by atomic mass is 9.88. The van der Waals surface area contributed by atoms with E-state index in [0.29, 0.717) is 11.5 Å². The summed E-state index contributed by atoms with van der Waals surface area (Å²) in [5, 5.41) is 5.38. The van der Waals surface area contributed by atoms with Gasteiger partial charge in [0.2, 0.25) is 0 Å². The van der Waals surface area contributed by atoms with E-state index in [1.165, 1.54) is 31.9 Å². The van der Waals surface area contributed by atoms with Crippen LogP contribution in [0.15, 0.2) is 42.5 Å². The van der Waals surface area contributed by atoms with E-state index < -0.39 is 18.5 Å². The molecule has 0 radical (unpaired) electrons. The maximum atomic E-state index is 12.3. The highest BCUT2D eigenvalue weighted by atomic mass is 16.5. The number of carbonyl (C=O) groups excluding carboxylic acids is 3. The second kappa shape index (κ2) is 10.5. The highest BCUT2D eigenvalue weighted by molar-refractivity contribution is 5.96. The Bertz CT molecular complexity index is 937. The molecule has 0 fully saturated rings. The first-order chi connectivity index (χ1) is 15.0. The van der Waals surface area contributed by atoms with Crippen molar-refractivity contribution in [1.82, 2.24) is 10.6 Å². The van der Waals surface area contributed by atoms with E-state index in [2.05, 4.69) is 16.7 Å². The van der Waals surface area contributed by atoms with Crippen molar-refractivity contribution in [3.8, 4) is 11.5 Å². The Hall–Kier alpha value is -3.55. The Kier molecular flexibility index (Phi) is 7.48. The van der Waals surface area contributed by atoms with Crippen LogP contribution in [0.2, 0.25) is 0 Å². The van der Waals surface area contributed by atoms with Crippen LogP contribution in [-0.2, 0) is 20.7 Å². The Labute approximate surface area is 180 Å². The van der Waals surface area contributed by atoms with Crippen molar-refractivity contribution in [1.29, 1.82) is 0 Å². The predicted octanol–water partition coefficient (Wildman–Crippen LogP) is 2.17. The third kappa shape index (κ3) is 5.97. The highest BCUT2D eigenvalue weighted by Gasteiger charge is 2.22. The standard InChI is InChI=1S/C23H26N2O6/c1-29-17-10-16(11-18(12-17)30-2)23(28)24-13-22(27)31-14-21(26)25-20-9-5-7-15-6-3-4-8-19(15)20/h3-4,6,8,10-12,20H,5,7,9,13-14H2,1-2H3,(H,24,28)(H,25,26)/t20-/m1/s1. The number of benzene rings is 2. The zero-order valence-electron chi connectivity index (χ0n) is 17.6. The Morgan fingerprint density at radius 1 is 1.03 bits per heavy atom. The lowest BCUT2D eigenvalue weighted by molar-refractivity contribution is -0.147. The SMILES string of the molecule is COc1cc(OC)cc(C(=O)NCC(=O)OCC(=O)N[C@@H]2CCCc3ccccc32)c1. The number of hydrogen-bond donors (Lipinski definition) is 2. The molecule has 0 aliphatic heterocycles. The summed E-state index contributed by atoms with van der Waals surface area (Å²) in [4.78, 5) is 36.5. The zero-order valence-corrected chi connectivity index (χ0v) is 17.6. The van der Waals surface area contributed by atoms with Crippen molar-refractivity contribution in [2.75, 3.05) is 27.4 Å². The first kappa shape index (κ1) is 22.1. The van der Waals surface area contributed by atoms with Gasteiger partial charge in [0.25, 0.3) is 11.8 Å². The van der Waals surface area contributed by atoms with Crippen LogP contribution >= 0.6 is 0 Å². The number of ether oxygens (including phenoxy) is 3. The van der Waals surface area contributed by atoms with E-state index in [4.69, 9.17) is 14.2 Å². The second-order valence-electron chi connectivity index (χ2n) is 7.16. The Balaban J connectivity index is 1.45. The fourth-order valence-corrected chi connectivity index (χ4v) is 3.53. The first-order valence-corrected chi connectivity index (χ1v) is 10.0. The van der Waals surface area contributed by atoms with Crippen molar-refractivity contribution in [2.45, 2.75) is 25.3 Å². The molecule has 1 aliphatic rings. The molecule has 164 valence electrons. The van der Waals surface area contributed by atoms with Crippen molar-refractivity contribution >= 4 is 17.8 Å². The molecule has 1 aliphatic carbocycles. The van der Waals surface area contributed by atoms with Crippen LogP contribution in [0.4, 0.5) is 0 Å². The average molecular weight is 426 g/mol. The summed E-state index contributed by atoms with van der Waals surface area (Å²) in [5.41, 5.74) is 2.61. The van der Waals surface area contributed by atoms with Gasteiger partial charge >= 0.3 is 5.97 Å². The van der Waals surface area contributed by atoms with Crippen LogP contribution in [0.1, 0.15) is 40.4 Å². The fourth-order valence-electron chi connectivity index (χ4n) is 3.53. The van der Waals surface area contributed by atoms with Crippen LogP contribution in [-0.4, -0.2) is 45.2 Å². The van der Waals surface area contributed by atoms with Crippen LogP contribution in [0.5, 0.6) is 11.5 Å². The van der Waals surface area contributed by atoms with Crippen LogP contribution < -0.4 is 20.1 Å².